The molecule has 0 saturated carbocycles. The van der Waals surface area contributed by atoms with Gasteiger partial charge in [-0.2, -0.15) is 0 Å². The summed E-state index contributed by atoms with van der Waals surface area (Å²) in [6, 6.07) is 5.76. The Morgan fingerprint density at radius 1 is 1.15 bits per heavy atom. The maximum absolute atomic E-state index is 13.0. The molecule has 0 radical (unpaired) electrons. The van der Waals surface area contributed by atoms with Crippen molar-refractivity contribution in [1.82, 2.24) is 14.0 Å². The van der Waals surface area contributed by atoms with Crippen LogP contribution in [0.4, 0.5) is 4.39 Å². The van der Waals surface area contributed by atoms with E-state index in [9.17, 15) is 19.1 Å². The van der Waals surface area contributed by atoms with E-state index in [4.69, 9.17) is 0 Å². The SMILES string of the molecule is O=c1c(-c2nccs2)cn2ccn(Cc3ccc(F)cc3)c(=O)c2c1O. The van der Waals surface area contributed by atoms with Crippen LogP contribution >= 0.6 is 11.3 Å². The zero-order chi connectivity index (χ0) is 18.3. The Bertz CT molecular complexity index is 1210. The van der Waals surface area contributed by atoms with Gasteiger partial charge in [0.25, 0.3) is 5.56 Å². The maximum Gasteiger partial charge on any atom is 0.279 e. The molecule has 0 fully saturated rings. The number of fused-ring (bicyclic) bond motifs is 1. The van der Waals surface area contributed by atoms with Gasteiger partial charge in [0.1, 0.15) is 10.8 Å². The van der Waals surface area contributed by atoms with Crippen molar-refractivity contribution in [1.29, 1.82) is 0 Å². The molecule has 0 aliphatic carbocycles. The van der Waals surface area contributed by atoms with Crippen molar-refractivity contribution in [2.75, 3.05) is 0 Å². The molecule has 0 atom stereocenters. The largest absolute Gasteiger partial charge is 0.503 e. The fraction of sp³-hybridized carbons (Fsp3) is 0.0556. The number of hydrogen-bond donors (Lipinski definition) is 1. The second-order valence-electron chi connectivity index (χ2n) is 5.67. The van der Waals surface area contributed by atoms with Crippen LogP contribution in [0.2, 0.25) is 0 Å². The summed E-state index contributed by atoms with van der Waals surface area (Å²) in [7, 11) is 0. The van der Waals surface area contributed by atoms with E-state index >= 15 is 0 Å². The van der Waals surface area contributed by atoms with Gasteiger partial charge in [-0.25, -0.2) is 9.37 Å². The lowest BCUT2D eigenvalue weighted by Gasteiger charge is -2.10. The van der Waals surface area contributed by atoms with Gasteiger partial charge in [-0.05, 0) is 17.7 Å². The first-order chi connectivity index (χ1) is 12.5. The van der Waals surface area contributed by atoms with Crippen molar-refractivity contribution in [2.45, 2.75) is 6.54 Å². The molecule has 0 unspecified atom stereocenters. The summed E-state index contributed by atoms with van der Waals surface area (Å²) in [6.45, 7) is 0.192. The fourth-order valence-corrected chi connectivity index (χ4v) is 3.37. The minimum absolute atomic E-state index is 0.111. The topological polar surface area (TPSA) is 76.6 Å². The van der Waals surface area contributed by atoms with Crippen LogP contribution in [0.3, 0.4) is 0 Å². The van der Waals surface area contributed by atoms with Crippen LogP contribution in [0, 0.1) is 5.82 Å². The van der Waals surface area contributed by atoms with E-state index in [0.717, 1.165) is 5.56 Å². The molecule has 3 aromatic heterocycles. The molecule has 1 aromatic carbocycles. The van der Waals surface area contributed by atoms with Gasteiger partial charge in [-0.1, -0.05) is 12.1 Å². The molecule has 8 heteroatoms. The first-order valence-electron chi connectivity index (χ1n) is 7.66. The quantitative estimate of drug-likeness (QED) is 0.602. The lowest BCUT2D eigenvalue weighted by atomic mass is 10.2. The molecule has 0 aliphatic heterocycles. The molecule has 4 aromatic rings. The van der Waals surface area contributed by atoms with E-state index in [1.165, 1.54) is 38.6 Å². The number of pyridine rings is 1. The Hall–Kier alpha value is -3.26. The highest BCUT2D eigenvalue weighted by atomic mass is 32.1. The number of aromatic nitrogens is 3. The first-order valence-corrected chi connectivity index (χ1v) is 8.54. The van der Waals surface area contributed by atoms with E-state index in [2.05, 4.69) is 4.98 Å². The highest BCUT2D eigenvalue weighted by Gasteiger charge is 2.16. The van der Waals surface area contributed by atoms with Gasteiger partial charge in [0.2, 0.25) is 5.43 Å². The Labute approximate surface area is 150 Å². The zero-order valence-electron chi connectivity index (χ0n) is 13.3. The lowest BCUT2D eigenvalue weighted by molar-refractivity contribution is 0.472. The van der Waals surface area contributed by atoms with Crippen molar-refractivity contribution < 1.29 is 9.50 Å². The molecule has 3 heterocycles. The third-order valence-electron chi connectivity index (χ3n) is 4.01. The number of halogens is 1. The molecule has 0 aliphatic rings. The summed E-state index contributed by atoms with van der Waals surface area (Å²) >= 11 is 1.27. The molecule has 0 amide bonds. The van der Waals surface area contributed by atoms with Crippen LogP contribution in [0.5, 0.6) is 5.75 Å². The Balaban J connectivity index is 1.87. The summed E-state index contributed by atoms with van der Waals surface area (Å²) in [6.07, 6.45) is 6.18. The van der Waals surface area contributed by atoms with Crippen LogP contribution < -0.4 is 11.0 Å². The molecule has 26 heavy (non-hydrogen) atoms. The normalized spacial score (nSPS) is 11.1. The van der Waals surface area contributed by atoms with E-state index in [1.54, 1.807) is 36.1 Å². The van der Waals surface area contributed by atoms with E-state index in [1.807, 2.05) is 0 Å². The van der Waals surface area contributed by atoms with Crippen molar-refractivity contribution in [3.8, 4) is 16.3 Å². The third-order valence-corrected chi connectivity index (χ3v) is 4.82. The van der Waals surface area contributed by atoms with Crippen molar-refractivity contribution in [3.05, 3.63) is 86.4 Å². The summed E-state index contributed by atoms with van der Waals surface area (Å²) < 4.78 is 15.8. The van der Waals surface area contributed by atoms with Gasteiger partial charge in [0.15, 0.2) is 11.3 Å². The van der Waals surface area contributed by atoms with Crippen LogP contribution in [-0.4, -0.2) is 19.1 Å². The number of aromatic hydroxyl groups is 1. The second-order valence-corrected chi connectivity index (χ2v) is 6.57. The maximum atomic E-state index is 13.0. The Morgan fingerprint density at radius 2 is 1.92 bits per heavy atom. The molecule has 130 valence electrons. The van der Waals surface area contributed by atoms with Crippen molar-refractivity contribution >= 4 is 16.9 Å². The number of thiazole rings is 1. The predicted molar refractivity (Wildman–Crippen MR) is 96.2 cm³/mol. The van der Waals surface area contributed by atoms with Crippen LogP contribution in [0.25, 0.3) is 16.1 Å². The fourth-order valence-electron chi connectivity index (χ4n) is 2.72. The zero-order valence-corrected chi connectivity index (χ0v) is 14.1. The van der Waals surface area contributed by atoms with Gasteiger partial charge in [-0.15, -0.1) is 11.3 Å². The number of nitrogens with zero attached hydrogens (tertiary/aromatic N) is 3. The first kappa shape index (κ1) is 16.2. The molecule has 0 bridgehead atoms. The molecule has 0 saturated heterocycles. The van der Waals surface area contributed by atoms with Gasteiger partial charge in [0, 0.05) is 30.2 Å². The van der Waals surface area contributed by atoms with Gasteiger partial charge < -0.3 is 14.1 Å². The Kier molecular flexibility index (Phi) is 3.89. The molecular weight excluding hydrogens is 357 g/mol. The van der Waals surface area contributed by atoms with E-state index < -0.39 is 16.7 Å². The standard InChI is InChI=1S/C18H12FN3O3S/c19-12-3-1-11(2-4-12)9-22-7-6-21-10-13(17-20-5-8-26-17)15(23)16(24)14(21)18(22)25/h1-8,10,24H,9H2. The summed E-state index contributed by atoms with van der Waals surface area (Å²) in [4.78, 5) is 29.3. The molecular formula is C18H12FN3O3S. The molecule has 6 nitrogen and oxygen atoms in total. The monoisotopic (exact) mass is 369 g/mol. The molecule has 1 N–H and O–H groups in total. The highest BCUT2D eigenvalue weighted by Crippen LogP contribution is 2.21. The molecule has 4 rings (SSSR count). The average molecular weight is 369 g/mol. The third kappa shape index (κ3) is 2.70. The Morgan fingerprint density at radius 3 is 2.62 bits per heavy atom. The van der Waals surface area contributed by atoms with E-state index in [-0.39, 0.29) is 23.4 Å². The molecule has 0 spiro atoms. The number of rotatable bonds is 3. The van der Waals surface area contributed by atoms with Crippen LogP contribution in [0.1, 0.15) is 5.56 Å². The highest BCUT2D eigenvalue weighted by molar-refractivity contribution is 7.13. The summed E-state index contributed by atoms with van der Waals surface area (Å²) in [5.74, 6) is -0.977. The van der Waals surface area contributed by atoms with Crippen molar-refractivity contribution in [3.63, 3.8) is 0 Å². The van der Waals surface area contributed by atoms with Crippen LogP contribution in [-0.2, 0) is 6.54 Å². The predicted octanol–water partition coefficient (Wildman–Crippen LogP) is 2.48. The van der Waals surface area contributed by atoms with Gasteiger partial charge in [0.05, 0.1) is 12.1 Å². The van der Waals surface area contributed by atoms with Crippen LogP contribution in [0.15, 0.2) is 64.0 Å². The summed E-state index contributed by atoms with van der Waals surface area (Å²) in [5, 5.41) is 12.5. The minimum atomic E-state index is -0.642. The summed E-state index contributed by atoms with van der Waals surface area (Å²) in [5.41, 5.74) is -0.321. The van der Waals surface area contributed by atoms with Gasteiger partial charge in [-0.3, -0.25) is 9.59 Å². The minimum Gasteiger partial charge on any atom is -0.503 e. The average Bonchev–Trinajstić information content (AvgIpc) is 3.16. The second kappa shape index (κ2) is 6.23. The smallest absolute Gasteiger partial charge is 0.279 e. The lowest BCUT2D eigenvalue weighted by Crippen LogP contribution is -2.24. The number of benzene rings is 1. The van der Waals surface area contributed by atoms with Crippen molar-refractivity contribution in [2.24, 2.45) is 0 Å². The number of hydrogen-bond acceptors (Lipinski definition) is 5. The van der Waals surface area contributed by atoms with E-state index in [0.29, 0.717) is 5.01 Å². The van der Waals surface area contributed by atoms with Gasteiger partial charge >= 0.3 is 0 Å².